The predicted octanol–water partition coefficient (Wildman–Crippen LogP) is 4.47. The zero-order valence-electron chi connectivity index (χ0n) is 17.2. The van der Waals surface area contributed by atoms with Crippen LogP contribution in [0.4, 0.5) is 11.5 Å². The maximum atomic E-state index is 13.1. The molecular weight excluding hydrogens is 412 g/mol. The summed E-state index contributed by atoms with van der Waals surface area (Å²) < 4.78 is 10.7. The monoisotopic (exact) mass is 430 g/mol. The lowest BCUT2D eigenvalue weighted by atomic mass is 10.0. The molecule has 2 heterocycles. The van der Waals surface area contributed by atoms with Gasteiger partial charge in [0, 0.05) is 17.0 Å². The number of anilines is 1. The minimum atomic E-state index is -0.551. The number of amides is 1. The van der Waals surface area contributed by atoms with Crippen LogP contribution in [-0.4, -0.2) is 35.0 Å². The number of carbonyl (C=O) groups is 1. The molecule has 0 atom stereocenters. The van der Waals surface area contributed by atoms with Crippen molar-refractivity contribution in [2.24, 2.45) is 0 Å². The van der Waals surface area contributed by atoms with Crippen molar-refractivity contribution < 1.29 is 19.2 Å². The van der Waals surface area contributed by atoms with Gasteiger partial charge < -0.3 is 14.8 Å². The molecule has 0 unspecified atom stereocenters. The van der Waals surface area contributed by atoms with Gasteiger partial charge in [-0.15, -0.1) is 0 Å². The van der Waals surface area contributed by atoms with Crippen molar-refractivity contribution in [1.82, 2.24) is 9.97 Å². The van der Waals surface area contributed by atoms with E-state index in [1.165, 1.54) is 12.1 Å². The van der Waals surface area contributed by atoms with E-state index in [2.05, 4.69) is 10.3 Å². The first-order valence-electron chi connectivity index (χ1n) is 9.54. The lowest BCUT2D eigenvalue weighted by Gasteiger charge is -2.12. The second-order valence-corrected chi connectivity index (χ2v) is 6.75. The highest BCUT2D eigenvalue weighted by Crippen LogP contribution is 2.33. The first-order chi connectivity index (χ1) is 15.5. The van der Waals surface area contributed by atoms with Gasteiger partial charge in [0.25, 0.3) is 11.6 Å². The molecule has 4 aromatic rings. The number of nitro groups is 1. The molecule has 0 saturated heterocycles. The van der Waals surface area contributed by atoms with Gasteiger partial charge in [-0.05, 0) is 36.4 Å². The summed E-state index contributed by atoms with van der Waals surface area (Å²) in [6.45, 7) is 0. The summed E-state index contributed by atoms with van der Waals surface area (Å²) in [5.74, 6) is 0.918. The van der Waals surface area contributed by atoms with E-state index in [9.17, 15) is 14.9 Å². The molecule has 2 aromatic carbocycles. The Morgan fingerprint density at radius 2 is 1.78 bits per heavy atom. The molecule has 0 spiro atoms. The van der Waals surface area contributed by atoms with Crippen molar-refractivity contribution >= 4 is 28.3 Å². The zero-order chi connectivity index (χ0) is 22.7. The van der Waals surface area contributed by atoms with Crippen molar-refractivity contribution in [1.29, 1.82) is 0 Å². The summed E-state index contributed by atoms with van der Waals surface area (Å²) >= 11 is 0. The molecule has 0 bridgehead atoms. The molecular formula is C23H18N4O5. The van der Waals surface area contributed by atoms with Crippen LogP contribution in [0.15, 0.2) is 66.9 Å². The number of aromatic nitrogens is 2. The van der Waals surface area contributed by atoms with Gasteiger partial charge in [0.05, 0.1) is 35.9 Å². The first-order valence-corrected chi connectivity index (χ1v) is 9.54. The topological polar surface area (TPSA) is 116 Å². The fourth-order valence-corrected chi connectivity index (χ4v) is 3.26. The summed E-state index contributed by atoms with van der Waals surface area (Å²) in [6.07, 6.45) is 1.09. The summed E-state index contributed by atoms with van der Waals surface area (Å²) in [4.78, 5) is 32.0. The van der Waals surface area contributed by atoms with Crippen molar-refractivity contribution in [3.05, 3.63) is 82.5 Å². The smallest absolute Gasteiger partial charge is 0.287 e. The van der Waals surface area contributed by atoms with E-state index in [1.54, 1.807) is 38.5 Å². The van der Waals surface area contributed by atoms with Gasteiger partial charge in [-0.2, -0.15) is 0 Å². The number of rotatable bonds is 6. The van der Waals surface area contributed by atoms with Gasteiger partial charge in [0.2, 0.25) is 0 Å². The minimum Gasteiger partial charge on any atom is -0.493 e. The molecule has 1 N–H and O–H groups in total. The van der Waals surface area contributed by atoms with Crippen LogP contribution in [-0.2, 0) is 0 Å². The average Bonchev–Trinajstić information content (AvgIpc) is 2.83. The van der Waals surface area contributed by atoms with Gasteiger partial charge in [-0.25, -0.2) is 9.97 Å². The highest BCUT2D eigenvalue weighted by molar-refractivity contribution is 6.12. The number of hydrogen-bond donors (Lipinski definition) is 1. The fourth-order valence-electron chi connectivity index (χ4n) is 3.26. The number of carbonyl (C=O) groups excluding carboxylic acids is 1. The summed E-state index contributed by atoms with van der Waals surface area (Å²) in [7, 11) is 3.10. The number of nitrogens with one attached hydrogen (secondary N) is 1. The Hall–Kier alpha value is -4.53. The van der Waals surface area contributed by atoms with Crippen LogP contribution in [0, 0.1) is 10.1 Å². The van der Waals surface area contributed by atoms with E-state index >= 15 is 0 Å². The Morgan fingerprint density at radius 1 is 1.00 bits per heavy atom. The molecule has 9 heteroatoms. The lowest BCUT2D eigenvalue weighted by molar-refractivity contribution is -0.385. The van der Waals surface area contributed by atoms with Gasteiger partial charge >= 0.3 is 0 Å². The normalized spacial score (nSPS) is 10.6. The number of fused-ring (bicyclic) bond motifs is 1. The van der Waals surface area contributed by atoms with Crippen LogP contribution < -0.4 is 14.8 Å². The number of para-hydroxylation sites is 1. The molecule has 0 aliphatic rings. The zero-order valence-corrected chi connectivity index (χ0v) is 17.2. The highest BCUT2D eigenvalue weighted by Gasteiger charge is 2.16. The number of nitrogens with zero attached hydrogens (tertiary/aromatic N) is 3. The minimum absolute atomic E-state index is 0.159. The van der Waals surface area contributed by atoms with Crippen molar-refractivity contribution in [3.8, 4) is 22.8 Å². The quantitative estimate of drug-likeness (QED) is 0.354. The molecule has 0 aliphatic heterocycles. The van der Waals surface area contributed by atoms with E-state index in [0.29, 0.717) is 33.7 Å². The largest absolute Gasteiger partial charge is 0.493 e. The number of ether oxygens (including phenoxy) is 2. The Bertz CT molecular complexity index is 1320. The molecule has 0 saturated carbocycles. The van der Waals surface area contributed by atoms with Crippen molar-refractivity contribution in [3.63, 3.8) is 0 Å². The van der Waals surface area contributed by atoms with Crippen LogP contribution in [0.25, 0.3) is 22.2 Å². The molecule has 0 fully saturated rings. The molecule has 32 heavy (non-hydrogen) atoms. The van der Waals surface area contributed by atoms with E-state index in [0.717, 1.165) is 11.8 Å². The van der Waals surface area contributed by atoms with E-state index < -0.39 is 10.8 Å². The second kappa shape index (κ2) is 8.68. The first kappa shape index (κ1) is 20.7. The molecule has 4 rings (SSSR count). The number of methoxy groups -OCH3 is 2. The lowest BCUT2D eigenvalue weighted by Crippen LogP contribution is -2.14. The van der Waals surface area contributed by atoms with Crippen LogP contribution in [0.5, 0.6) is 11.5 Å². The fraction of sp³-hybridized carbons (Fsp3) is 0.0870. The Labute approximate surface area is 182 Å². The molecule has 1 amide bonds. The van der Waals surface area contributed by atoms with Crippen LogP contribution in [0.3, 0.4) is 0 Å². The number of hydrogen-bond acceptors (Lipinski definition) is 7. The van der Waals surface area contributed by atoms with E-state index in [1.807, 2.05) is 24.3 Å². The summed E-state index contributed by atoms with van der Waals surface area (Å²) in [5, 5.41) is 14.2. The third kappa shape index (κ3) is 4.04. The SMILES string of the molecule is COc1ccc(-c2cc(C(=O)Nc3ccc([N+](=O)[O-])cn3)c3ccccc3n2)cc1OC. The Kier molecular flexibility index (Phi) is 5.63. The molecule has 0 aliphatic carbocycles. The third-order valence-electron chi connectivity index (χ3n) is 4.84. The Balaban J connectivity index is 1.75. The van der Waals surface area contributed by atoms with Gasteiger partial charge in [0.1, 0.15) is 12.0 Å². The van der Waals surface area contributed by atoms with Gasteiger partial charge in [0.15, 0.2) is 11.5 Å². The highest BCUT2D eigenvalue weighted by atomic mass is 16.6. The van der Waals surface area contributed by atoms with E-state index in [4.69, 9.17) is 14.5 Å². The van der Waals surface area contributed by atoms with Crippen LogP contribution in [0.2, 0.25) is 0 Å². The molecule has 9 nitrogen and oxygen atoms in total. The standard InChI is InChI=1S/C23H18N4O5/c1-31-20-9-7-14(11-21(20)32-2)19-12-17(16-5-3-4-6-18(16)25-19)23(28)26-22-10-8-15(13-24-22)27(29)30/h3-13H,1-2H3,(H,24,26,28). The number of benzene rings is 2. The predicted molar refractivity (Wildman–Crippen MR) is 119 cm³/mol. The molecule has 160 valence electrons. The van der Waals surface area contributed by atoms with E-state index in [-0.39, 0.29) is 11.5 Å². The van der Waals surface area contributed by atoms with Crippen LogP contribution >= 0.6 is 0 Å². The van der Waals surface area contributed by atoms with Crippen molar-refractivity contribution in [2.45, 2.75) is 0 Å². The van der Waals surface area contributed by atoms with Gasteiger partial charge in [-0.3, -0.25) is 14.9 Å². The Morgan fingerprint density at radius 3 is 2.47 bits per heavy atom. The summed E-state index contributed by atoms with van der Waals surface area (Å²) in [6, 6.07) is 17.0. The van der Waals surface area contributed by atoms with Crippen LogP contribution in [0.1, 0.15) is 10.4 Å². The molecule has 0 radical (unpaired) electrons. The summed E-state index contributed by atoms with van der Waals surface area (Å²) in [5.41, 5.74) is 2.19. The maximum Gasteiger partial charge on any atom is 0.287 e. The third-order valence-corrected chi connectivity index (χ3v) is 4.84. The second-order valence-electron chi connectivity index (χ2n) is 6.75. The average molecular weight is 430 g/mol. The van der Waals surface area contributed by atoms with Gasteiger partial charge in [-0.1, -0.05) is 18.2 Å². The number of pyridine rings is 2. The van der Waals surface area contributed by atoms with Crippen molar-refractivity contribution in [2.75, 3.05) is 19.5 Å². The molecule has 2 aromatic heterocycles. The maximum absolute atomic E-state index is 13.1.